The molecule has 1 atom stereocenters. The zero-order chi connectivity index (χ0) is 16.1. The molecule has 0 saturated carbocycles. The Morgan fingerprint density at radius 3 is 2.41 bits per heavy atom. The second-order valence-electron chi connectivity index (χ2n) is 4.46. The van der Waals surface area contributed by atoms with Crippen molar-refractivity contribution in [1.82, 2.24) is 5.32 Å². The van der Waals surface area contributed by atoms with Crippen LogP contribution < -0.4 is 5.32 Å². The van der Waals surface area contributed by atoms with Gasteiger partial charge in [0.25, 0.3) is 5.91 Å². The molecular weight excluding hydrogens is 434 g/mol. The fraction of sp³-hybridized carbons (Fsp3) is 0.200. The van der Waals surface area contributed by atoms with E-state index >= 15 is 0 Å². The lowest BCUT2D eigenvalue weighted by Crippen LogP contribution is -2.30. The summed E-state index contributed by atoms with van der Waals surface area (Å²) in [6, 6.07) is 10.6. The van der Waals surface area contributed by atoms with Crippen LogP contribution in [0.15, 0.2) is 44.7 Å². The van der Waals surface area contributed by atoms with Crippen molar-refractivity contribution in [1.29, 1.82) is 0 Å². The molecule has 4 nitrogen and oxygen atoms in total. The van der Waals surface area contributed by atoms with Crippen molar-refractivity contribution >= 4 is 55.1 Å². The van der Waals surface area contributed by atoms with Gasteiger partial charge in [0.05, 0.1) is 28.2 Å². The van der Waals surface area contributed by atoms with Gasteiger partial charge in [-0.2, -0.15) is 0 Å². The molecule has 1 heterocycles. The molecule has 2 aromatic rings. The zero-order valence-corrected chi connectivity index (χ0v) is 15.6. The maximum absolute atomic E-state index is 12.3. The van der Waals surface area contributed by atoms with Crippen molar-refractivity contribution in [3.8, 4) is 0 Å². The van der Waals surface area contributed by atoms with Crippen LogP contribution >= 0.6 is 43.2 Å². The second-order valence-corrected chi connectivity index (χ2v) is 7.84. The summed E-state index contributed by atoms with van der Waals surface area (Å²) in [6.45, 7) is 0. The number of rotatable bonds is 5. The molecule has 0 fully saturated rings. The average Bonchev–Trinajstić information content (AvgIpc) is 2.94. The Kier molecular flexibility index (Phi) is 6.16. The quantitative estimate of drug-likeness (QED) is 0.696. The number of ether oxygens (including phenoxy) is 1. The molecule has 1 unspecified atom stereocenters. The molecule has 0 saturated heterocycles. The lowest BCUT2D eigenvalue weighted by molar-refractivity contribution is -0.141. The van der Waals surface area contributed by atoms with Crippen molar-refractivity contribution in [3.63, 3.8) is 0 Å². The van der Waals surface area contributed by atoms with Crippen LogP contribution in [0.1, 0.15) is 27.7 Å². The number of methoxy groups -OCH3 is 1. The summed E-state index contributed by atoms with van der Waals surface area (Å²) < 4.78 is 6.53. The number of carbonyl (C=O) groups excluding carboxylic acids is 2. The molecule has 2 rings (SSSR count). The predicted octanol–water partition coefficient (Wildman–Crippen LogP) is 4.31. The van der Waals surface area contributed by atoms with Gasteiger partial charge in [-0.1, -0.05) is 28.1 Å². The number of carbonyl (C=O) groups is 2. The second kappa shape index (κ2) is 7.89. The Hall–Kier alpha value is -1.18. The smallest absolute Gasteiger partial charge is 0.307 e. The van der Waals surface area contributed by atoms with Crippen molar-refractivity contribution in [2.75, 3.05) is 7.11 Å². The van der Waals surface area contributed by atoms with Gasteiger partial charge >= 0.3 is 5.97 Å². The fourth-order valence-corrected chi connectivity index (χ4v) is 3.42. The summed E-state index contributed by atoms with van der Waals surface area (Å²) in [5.41, 5.74) is 0.845. The highest BCUT2D eigenvalue weighted by Crippen LogP contribution is 2.24. The molecule has 22 heavy (non-hydrogen) atoms. The maximum Gasteiger partial charge on any atom is 0.307 e. The molecule has 0 spiro atoms. The number of benzene rings is 1. The van der Waals surface area contributed by atoms with Gasteiger partial charge in [0.2, 0.25) is 0 Å². The van der Waals surface area contributed by atoms with Gasteiger partial charge in [0.1, 0.15) is 0 Å². The highest BCUT2D eigenvalue weighted by Gasteiger charge is 2.20. The van der Waals surface area contributed by atoms with E-state index in [-0.39, 0.29) is 18.3 Å². The maximum atomic E-state index is 12.3. The van der Waals surface area contributed by atoms with Crippen LogP contribution in [-0.2, 0) is 9.53 Å². The molecule has 1 amide bonds. The van der Waals surface area contributed by atoms with E-state index in [0.717, 1.165) is 13.8 Å². The van der Waals surface area contributed by atoms with Crippen LogP contribution in [0.4, 0.5) is 0 Å². The molecule has 0 aliphatic carbocycles. The third kappa shape index (κ3) is 4.66. The first-order valence-electron chi connectivity index (χ1n) is 6.38. The van der Waals surface area contributed by atoms with Crippen molar-refractivity contribution < 1.29 is 14.3 Å². The molecule has 0 aliphatic heterocycles. The average molecular weight is 447 g/mol. The van der Waals surface area contributed by atoms with E-state index in [4.69, 9.17) is 4.74 Å². The van der Waals surface area contributed by atoms with E-state index < -0.39 is 6.04 Å². The van der Waals surface area contributed by atoms with Crippen molar-refractivity contribution in [2.24, 2.45) is 0 Å². The third-order valence-electron chi connectivity index (χ3n) is 2.97. The third-order valence-corrected chi connectivity index (χ3v) is 5.12. The van der Waals surface area contributed by atoms with Crippen LogP contribution in [0.5, 0.6) is 0 Å². The lowest BCUT2D eigenvalue weighted by Gasteiger charge is -2.18. The first kappa shape index (κ1) is 17.2. The van der Waals surface area contributed by atoms with Crippen LogP contribution in [-0.4, -0.2) is 19.0 Å². The number of thiophene rings is 1. The van der Waals surface area contributed by atoms with Gasteiger partial charge in [-0.05, 0) is 45.8 Å². The SMILES string of the molecule is COC(=O)CC(NC(=O)c1ccc(Br)s1)c1ccc(Br)cc1. The van der Waals surface area contributed by atoms with Gasteiger partial charge in [-0.15, -0.1) is 11.3 Å². The van der Waals surface area contributed by atoms with Crippen LogP contribution in [0.2, 0.25) is 0 Å². The minimum atomic E-state index is -0.436. The summed E-state index contributed by atoms with van der Waals surface area (Å²) in [6.07, 6.45) is 0.0798. The summed E-state index contributed by atoms with van der Waals surface area (Å²) >= 11 is 8.04. The van der Waals surface area contributed by atoms with Gasteiger partial charge in [0, 0.05) is 4.47 Å². The number of amides is 1. The van der Waals surface area contributed by atoms with E-state index in [0.29, 0.717) is 4.88 Å². The summed E-state index contributed by atoms with van der Waals surface area (Å²) in [5.74, 6) is -0.590. The van der Waals surface area contributed by atoms with Gasteiger partial charge < -0.3 is 10.1 Å². The van der Waals surface area contributed by atoms with Crippen LogP contribution in [0.25, 0.3) is 0 Å². The Balaban J connectivity index is 2.18. The minimum absolute atomic E-state index is 0.0798. The molecule has 1 aromatic heterocycles. The number of hydrogen-bond donors (Lipinski definition) is 1. The molecule has 116 valence electrons. The predicted molar refractivity (Wildman–Crippen MR) is 93.0 cm³/mol. The number of hydrogen-bond acceptors (Lipinski definition) is 4. The van der Waals surface area contributed by atoms with E-state index in [1.165, 1.54) is 18.4 Å². The van der Waals surface area contributed by atoms with E-state index in [2.05, 4.69) is 37.2 Å². The van der Waals surface area contributed by atoms with E-state index in [1.54, 1.807) is 6.07 Å². The minimum Gasteiger partial charge on any atom is -0.469 e. The Morgan fingerprint density at radius 2 is 1.86 bits per heavy atom. The Labute approximate surface area is 149 Å². The molecular formula is C15H13Br2NO3S. The first-order valence-corrected chi connectivity index (χ1v) is 8.78. The zero-order valence-electron chi connectivity index (χ0n) is 11.6. The largest absolute Gasteiger partial charge is 0.469 e. The molecule has 0 aliphatic rings. The van der Waals surface area contributed by atoms with Gasteiger partial charge in [0.15, 0.2) is 0 Å². The summed E-state index contributed by atoms with van der Waals surface area (Å²) in [7, 11) is 1.33. The summed E-state index contributed by atoms with van der Waals surface area (Å²) in [4.78, 5) is 24.5. The highest BCUT2D eigenvalue weighted by molar-refractivity contribution is 9.11. The van der Waals surface area contributed by atoms with E-state index in [9.17, 15) is 9.59 Å². The van der Waals surface area contributed by atoms with Crippen LogP contribution in [0.3, 0.4) is 0 Å². The fourth-order valence-electron chi connectivity index (χ4n) is 1.86. The topological polar surface area (TPSA) is 55.4 Å². The number of nitrogens with one attached hydrogen (secondary N) is 1. The molecule has 7 heteroatoms. The molecule has 1 aromatic carbocycles. The first-order chi connectivity index (χ1) is 10.5. The molecule has 0 bridgehead atoms. The van der Waals surface area contributed by atoms with Gasteiger partial charge in [-0.3, -0.25) is 9.59 Å². The van der Waals surface area contributed by atoms with Crippen molar-refractivity contribution in [2.45, 2.75) is 12.5 Å². The molecule has 0 radical (unpaired) electrons. The standard InChI is InChI=1S/C15H13Br2NO3S/c1-21-14(19)8-11(9-2-4-10(16)5-3-9)18-15(20)12-6-7-13(17)22-12/h2-7,11H,8H2,1H3,(H,18,20). The number of esters is 1. The lowest BCUT2D eigenvalue weighted by atomic mass is 10.0. The van der Waals surface area contributed by atoms with Gasteiger partial charge in [-0.25, -0.2) is 0 Å². The van der Waals surface area contributed by atoms with Crippen molar-refractivity contribution in [3.05, 3.63) is 55.1 Å². The van der Waals surface area contributed by atoms with E-state index in [1.807, 2.05) is 30.3 Å². The Morgan fingerprint density at radius 1 is 1.18 bits per heavy atom. The monoisotopic (exact) mass is 445 g/mol. The number of halogens is 2. The summed E-state index contributed by atoms with van der Waals surface area (Å²) in [5, 5.41) is 2.88. The highest BCUT2D eigenvalue weighted by atomic mass is 79.9. The Bertz CT molecular complexity index is 670. The van der Waals surface area contributed by atoms with Crippen LogP contribution in [0, 0.1) is 0 Å². The molecule has 1 N–H and O–H groups in total. The normalized spacial score (nSPS) is 11.8.